The molecule has 2 fully saturated rings. The Balaban J connectivity index is 1.79. The number of carbonyl (C=O) groups excluding carboxylic acids is 2. The van der Waals surface area contributed by atoms with Crippen LogP contribution in [0.15, 0.2) is 12.3 Å². The van der Waals surface area contributed by atoms with Gasteiger partial charge in [0.15, 0.2) is 0 Å². The standard InChI is InChI=1S/C18H24N4O2/c1-13(2)22-7-4-5-18(17(22)24)6-8-21(12-18)16(23)15-9-14(10-19)11-20(15)3/h9,11,13H,4-8,12H2,1-3H3/t18-/m0/s1. The van der Waals surface area contributed by atoms with Crippen LogP contribution in [0.3, 0.4) is 0 Å². The summed E-state index contributed by atoms with van der Waals surface area (Å²) < 4.78 is 1.69. The Morgan fingerprint density at radius 3 is 2.71 bits per heavy atom. The molecule has 1 spiro atoms. The molecule has 3 heterocycles. The lowest BCUT2D eigenvalue weighted by Gasteiger charge is -2.41. The number of likely N-dealkylation sites (tertiary alicyclic amines) is 2. The molecule has 0 bridgehead atoms. The molecule has 2 amide bonds. The van der Waals surface area contributed by atoms with Crippen molar-refractivity contribution in [2.24, 2.45) is 12.5 Å². The first-order chi connectivity index (χ1) is 11.4. The van der Waals surface area contributed by atoms with E-state index in [-0.39, 0.29) is 17.9 Å². The highest BCUT2D eigenvalue weighted by Gasteiger charge is 2.50. The molecule has 0 radical (unpaired) electrons. The molecule has 6 heteroatoms. The van der Waals surface area contributed by atoms with Gasteiger partial charge in [0.2, 0.25) is 5.91 Å². The molecule has 0 aliphatic carbocycles. The fraction of sp³-hybridized carbons (Fsp3) is 0.611. The van der Waals surface area contributed by atoms with Crippen molar-refractivity contribution in [1.82, 2.24) is 14.4 Å². The summed E-state index contributed by atoms with van der Waals surface area (Å²) in [4.78, 5) is 29.5. The van der Waals surface area contributed by atoms with Gasteiger partial charge in [-0.2, -0.15) is 5.26 Å². The van der Waals surface area contributed by atoms with E-state index in [4.69, 9.17) is 5.26 Å². The number of hydrogen-bond acceptors (Lipinski definition) is 3. The number of carbonyl (C=O) groups is 2. The normalized spacial score (nSPS) is 24.0. The molecule has 0 aromatic carbocycles. The number of aromatic nitrogens is 1. The van der Waals surface area contributed by atoms with Crippen molar-refractivity contribution in [3.05, 3.63) is 23.5 Å². The largest absolute Gasteiger partial charge is 0.345 e. The number of aryl methyl sites for hydroxylation is 1. The molecule has 0 saturated carbocycles. The zero-order chi connectivity index (χ0) is 17.5. The first kappa shape index (κ1) is 16.6. The van der Waals surface area contributed by atoms with Crippen molar-refractivity contribution in [3.8, 4) is 6.07 Å². The van der Waals surface area contributed by atoms with Crippen LogP contribution in [0.2, 0.25) is 0 Å². The monoisotopic (exact) mass is 328 g/mol. The van der Waals surface area contributed by atoms with Gasteiger partial charge in [-0.25, -0.2) is 0 Å². The molecule has 1 aromatic heterocycles. The van der Waals surface area contributed by atoms with Crippen LogP contribution in [0, 0.1) is 16.7 Å². The van der Waals surface area contributed by atoms with Gasteiger partial charge in [0.1, 0.15) is 11.8 Å². The first-order valence-corrected chi connectivity index (χ1v) is 8.55. The summed E-state index contributed by atoms with van der Waals surface area (Å²) >= 11 is 0. The summed E-state index contributed by atoms with van der Waals surface area (Å²) in [7, 11) is 1.77. The van der Waals surface area contributed by atoms with Gasteiger partial charge < -0.3 is 14.4 Å². The topological polar surface area (TPSA) is 69.3 Å². The van der Waals surface area contributed by atoms with E-state index >= 15 is 0 Å². The predicted molar refractivity (Wildman–Crippen MR) is 89.2 cm³/mol. The van der Waals surface area contributed by atoms with Gasteiger partial charge in [0.25, 0.3) is 5.91 Å². The van der Waals surface area contributed by atoms with E-state index in [1.54, 1.807) is 28.8 Å². The Labute approximate surface area is 142 Å². The summed E-state index contributed by atoms with van der Waals surface area (Å²) in [5.74, 6) is 0.106. The van der Waals surface area contributed by atoms with Gasteiger partial charge in [-0.1, -0.05) is 0 Å². The summed E-state index contributed by atoms with van der Waals surface area (Å²) in [6, 6.07) is 3.88. The van der Waals surface area contributed by atoms with E-state index in [1.807, 2.05) is 18.7 Å². The molecular weight excluding hydrogens is 304 g/mol. The number of hydrogen-bond donors (Lipinski definition) is 0. The number of nitriles is 1. The first-order valence-electron chi connectivity index (χ1n) is 8.55. The van der Waals surface area contributed by atoms with E-state index < -0.39 is 5.41 Å². The quantitative estimate of drug-likeness (QED) is 0.830. The summed E-state index contributed by atoms with van der Waals surface area (Å²) in [5.41, 5.74) is 0.573. The Kier molecular flexibility index (Phi) is 4.12. The number of nitrogens with zero attached hydrogens (tertiary/aromatic N) is 4. The van der Waals surface area contributed by atoms with Crippen LogP contribution in [0.4, 0.5) is 0 Å². The van der Waals surface area contributed by atoms with Gasteiger partial charge in [-0.05, 0) is 39.2 Å². The molecule has 1 atom stereocenters. The van der Waals surface area contributed by atoms with Crippen LogP contribution < -0.4 is 0 Å². The lowest BCUT2D eigenvalue weighted by molar-refractivity contribution is -0.147. The second-order valence-electron chi connectivity index (χ2n) is 7.29. The fourth-order valence-corrected chi connectivity index (χ4v) is 4.02. The maximum Gasteiger partial charge on any atom is 0.270 e. The second kappa shape index (κ2) is 5.97. The summed E-state index contributed by atoms with van der Waals surface area (Å²) in [5, 5.41) is 9.00. The Morgan fingerprint density at radius 2 is 2.08 bits per heavy atom. The van der Waals surface area contributed by atoms with E-state index in [1.165, 1.54) is 0 Å². The minimum absolute atomic E-state index is 0.0923. The second-order valence-corrected chi connectivity index (χ2v) is 7.29. The van der Waals surface area contributed by atoms with Crippen LogP contribution in [0.25, 0.3) is 0 Å². The number of piperidine rings is 1. The molecule has 128 valence electrons. The molecule has 24 heavy (non-hydrogen) atoms. The Morgan fingerprint density at radius 1 is 1.33 bits per heavy atom. The van der Waals surface area contributed by atoms with Gasteiger partial charge in [0, 0.05) is 38.9 Å². The molecule has 2 aliphatic rings. The lowest BCUT2D eigenvalue weighted by atomic mass is 9.78. The van der Waals surface area contributed by atoms with Crippen LogP contribution in [-0.4, -0.2) is 51.9 Å². The molecule has 2 aliphatic heterocycles. The third kappa shape index (κ3) is 2.58. The van der Waals surface area contributed by atoms with Crippen molar-refractivity contribution in [2.45, 2.75) is 39.2 Å². The fourth-order valence-electron chi connectivity index (χ4n) is 4.02. The molecule has 3 rings (SSSR count). The average Bonchev–Trinajstić information content (AvgIpc) is 3.14. The van der Waals surface area contributed by atoms with Gasteiger partial charge in [0.05, 0.1) is 11.0 Å². The highest BCUT2D eigenvalue weighted by Crippen LogP contribution is 2.41. The molecule has 0 N–H and O–H groups in total. The predicted octanol–water partition coefficient (Wildman–Crippen LogP) is 1.76. The van der Waals surface area contributed by atoms with Crippen LogP contribution in [0.5, 0.6) is 0 Å². The smallest absolute Gasteiger partial charge is 0.270 e. The highest BCUT2D eigenvalue weighted by molar-refractivity contribution is 5.94. The SMILES string of the molecule is CC(C)N1CCC[C@@]2(CCN(C(=O)c3cc(C#N)cn3C)C2)C1=O. The Hall–Kier alpha value is -2.29. The highest BCUT2D eigenvalue weighted by atomic mass is 16.2. The lowest BCUT2D eigenvalue weighted by Crippen LogP contribution is -2.52. The minimum atomic E-state index is -0.415. The van der Waals surface area contributed by atoms with Crippen molar-refractivity contribution < 1.29 is 9.59 Å². The van der Waals surface area contributed by atoms with Gasteiger partial charge in [-0.15, -0.1) is 0 Å². The zero-order valence-corrected chi connectivity index (χ0v) is 14.6. The average molecular weight is 328 g/mol. The third-order valence-corrected chi connectivity index (χ3v) is 5.39. The molecule has 2 saturated heterocycles. The van der Waals surface area contributed by atoms with Crippen LogP contribution in [-0.2, 0) is 11.8 Å². The number of rotatable bonds is 2. The van der Waals surface area contributed by atoms with Crippen molar-refractivity contribution in [1.29, 1.82) is 5.26 Å². The van der Waals surface area contributed by atoms with Crippen molar-refractivity contribution in [3.63, 3.8) is 0 Å². The maximum absolute atomic E-state index is 13.0. The number of amides is 2. The third-order valence-electron chi connectivity index (χ3n) is 5.39. The zero-order valence-electron chi connectivity index (χ0n) is 14.6. The summed E-state index contributed by atoms with van der Waals surface area (Å²) in [6.07, 6.45) is 4.24. The summed E-state index contributed by atoms with van der Waals surface area (Å²) in [6.45, 7) is 5.99. The van der Waals surface area contributed by atoms with E-state index in [0.717, 1.165) is 25.8 Å². The van der Waals surface area contributed by atoms with Gasteiger partial charge in [-0.3, -0.25) is 9.59 Å². The van der Waals surface area contributed by atoms with Crippen molar-refractivity contribution >= 4 is 11.8 Å². The van der Waals surface area contributed by atoms with E-state index in [0.29, 0.717) is 24.3 Å². The molecule has 6 nitrogen and oxygen atoms in total. The Bertz CT molecular complexity index is 715. The molecular formula is C18H24N4O2. The van der Waals surface area contributed by atoms with Crippen LogP contribution >= 0.6 is 0 Å². The van der Waals surface area contributed by atoms with Crippen LogP contribution in [0.1, 0.15) is 49.2 Å². The maximum atomic E-state index is 13.0. The molecule has 1 aromatic rings. The molecule has 0 unspecified atom stereocenters. The van der Waals surface area contributed by atoms with Gasteiger partial charge >= 0.3 is 0 Å². The van der Waals surface area contributed by atoms with E-state index in [9.17, 15) is 9.59 Å². The minimum Gasteiger partial charge on any atom is -0.345 e. The van der Waals surface area contributed by atoms with Crippen molar-refractivity contribution in [2.75, 3.05) is 19.6 Å². The van der Waals surface area contributed by atoms with E-state index in [2.05, 4.69) is 6.07 Å².